The van der Waals surface area contributed by atoms with Crippen LogP contribution < -0.4 is 4.74 Å². The lowest BCUT2D eigenvalue weighted by molar-refractivity contribution is 0.0581. The molecule has 1 fully saturated rings. The fourth-order valence-corrected chi connectivity index (χ4v) is 5.11. The summed E-state index contributed by atoms with van der Waals surface area (Å²) in [5.41, 5.74) is 2.35. The number of benzene rings is 2. The molecule has 6 nitrogen and oxygen atoms in total. The molecule has 0 unspecified atom stereocenters. The van der Waals surface area contributed by atoms with E-state index in [0.29, 0.717) is 23.3 Å². The zero-order chi connectivity index (χ0) is 25.5. The van der Waals surface area contributed by atoms with E-state index in [9.17, 15) is 9.18 Å². The molecule has 1 atom stereocenters. The van der Waals surface area contributed by atoms with Crippen LogP contribution in [0.25, 0.3) is 0 Å². The molecule has 1 aliphatic rings. The average Bonchev–Trinajstić information content (AvgIpc) is 3.32. The number of nitrogens with zero attached hydrogens (tertiary/aromatic N) is 2. The van der Waals surface area contributed by atoms with E-state index in [-0.39, 0.29) is 36.9 Å². The van der Waals surface area contributed by atoms with Gasteiger partial charge in [0.25, 0.3) is 5.91 Å². The maximum absolute atomic E-state index is 14.6. The highest BCUT2D eigenvalue weighted by Gasteiger charge is 2.33. The Kier molecular flexibility index (Phi) is 8.78. The summed E-state index contributed by atoms with van der Waals surface area (Å²) in [5.74, 6) is 1.28. The van der Waals surface area contributed by atoms with Crippen LogP contribution >= 0.6 is 0 Å². The number of likely N-dealkylation sites (tertiary alicyclic amines) is 1. The fraction of sp³-hybridized carbons (Fsp3) is 0.414. The quantitative estimate of drug-likeness (QED) is 0.443. The zero-order valence-electron chi connectivity index (χ0n) is 21.0. The number of furan rings is 1. The number of rotatable bonds is 10. The normalized spacial score (nSPS) is 15.6. The number of aliphatic hydroxyl groups excluding tert-OH is 1. The van der Waals surface area contributed by atoms with Crippen LogP contribution in [0.4, 0.5) is 4.39 Å². The second-order valence-electron chi connectivity index (χ2n) is 9.50. The predicted octanol–water partition coefficient (Wildman–Crippen LogP) is 4.69. The van der Waals surface area contributed by atoms with Crippen LogP contribution in [0.15, 0.2) is 65.3 Å². The second kappa shape index (κ2) is 12.2. The van der Waals surface area contributed by atoms with E-state index in [1.54, 1.807) is 24.0 Å². The van der Waals surface area contributed by atoms with Crippen molar-refractivity contribution in [2.45, 2.75) is 38.8 Å². The van der Waals surface area contributed by atoms with Gasteiger partial charge in [-0.2, -0.15) is 0 Å². The lowest BCUT2D eigenvalue weighted by Crippen LogP contribution is -2.47. The van der Waals surface area contributed by atoms with Gasteiger partial charge >= 0.3 is 0 Å². The Morgan fingerprint density at radius 3 is 2.67 bits per heavy atom. The summed E-state index contributed by atoms with van der Waals surface area (Å²) in [6.07, 6.45) is 3.84. The number of aliphatic hydroxyl groups is 1. The van der Waals surface area contributed by atoms with E-state index in [4.69, 9.17) is 14.3 Å². The molecule has 7 heteroatoms. The third kappa shape index (κ3) is 6.33. The molecular weight excluding hydrogens is 459 g/mol. The molecule has 1 amide bonds. The molecular formula is C29H35FN2O4. The first-order valence-corrected chi connectivity index (χ1v) is 12.6. The Hall–Kier alpha value is -3.16. The number of amides is 1. The second-order valence-corrected chi connectivity index (χ2v) is 9.50. The first-order chi connectivity index (χ1) is 17.5. The Bertz CT molecular complexity index is 1140. The van der Waals surface area contributed by atoms with Crippen LogP contribution in [0.3, 0.4) is 0 Å². The third-order valence-corrected chi connectivity index (χ3v) is 7.13. The summed E-state index contributed by atoms with van der Waals surface area (Å²) in [7, 11) is 1.82. The molecule has 36 heavy (non-hydrogen) atoms. The number of likely N-dealkylation sites (N-methyl/N-ethyl adjacent to an activating group) is 1. The highest BCUT2D eigenvalue weighted by Crippen LogP contribution is 2.29. The Morgan fingerprint density at radius 1 is 1.19 bits per heavy atom. The van der Waals surface area contributed by atoms with Crippen molar-refractivity contribution < 1.29 is 23.4 Å². The van der Waals surface area contributed by atoms with E-state index in [1.807, 2.05) is 37.4 Å². The molecule has 2 aromatic carbocycles. The molecule has 3 aromatic rings. The lowest BCUT2D eigenvalue weighted by atomic mass is 9.84. The third-order valence-electron chi connectivity index (χ3n) is 7.13. The van der Waals surface area contributed by atoms with Gasteiger partial charge in [0.1, 0.15) is 23.9 Å². The van der Waals surface area contributed by atoms with Gasteiger partial charge in [-0.15, -0.1) is 0 Å². The van der Waals surface area contributed by atoms with Gasteiger partial charge in [-0.05, 0) is 80.6 Å². The molecule has 1 saturated heterocycles. The maximum atomic E-state index is 14.6. The van der Waals surface area contributed by atoms with E-state index < -0.39 is 0 Å². The van der Waals surface area contributed by atoms with Crippen molar-refractivity contribution in [1.29, 1.82) is 0 Å². The van der Waals surface area contributed by atoms with Gasteiger partial charge in [0.15, 0.2) is 0 Å². The minimum absolute atomic E-state index is 0.0110. The molecule has 1 N–H and O–H groups in total. The summed E-state index contributed by atoms with van der Waals surface area (Å²) in [6.45, 7) is 4.66. The largest absolute Gasteiger partial charge is 0.491 e. The number of halogens is 1. The highest BCUT2D eigenvalue weighted by atomic mass is 19.1. The van der Waals surface area contributed by atoms with Crippen molar-refractivity contribution in [2.24, 2.45) is 5.92 Å². The van der Waals surface area contributed by atoms with E-state index in [0.717, 1.165) is 43.8 Å². The van der Waals surface area contributed by atoms with Crippen molar-refractivity contribution in [3.05, 3.63) is 89.1 Å². The topological polar surface area (TPSA) is 66.2 Å². The predicted molar refractivity (Wildman–Crippen MR) is 136 cm³/mol. The standard InChI is InChI=1S/C29H35FN2O4/c1-21-26(12-16-35-21)29(34)31(2)28(19-24-7-3-4-9-27(24)30)23-10-13-32(14-11-23)20-22-6-5-8-25(18-22)36-17-15-33/h3-9,12,16,18,23,28,33H,10-11,13-15,17,19-20H2,1-2H3/t28-/m0/s1. The van der Waals surface area contributed by atoms with Crippen molar-refractivity contribution >= 4 is 5.91 Å². The van der Waals surface area contributed by atoms with Gasteiger partial charge in [-0.3, -0.25) is 9.69 Å². The molecule has 192 valence electrons. The molecule has 0 bridgehead atoms. The Labute approximate surface area is 212 Å². The molecule has 1 aromatic heterocycles. The van der Waals surface area contributed by atoms with E-state index in [2.05, 4.69) is 11.0 Å². The molecule has 1 aliphatic heterocycles. The Balaban J connectivity index is 1.45. The van der Waals surface area contributed by atoms with Gasteiger partial charge in [-0.1, -0.05) is 30.3 Å². The van der Waals surface area contributed by atoms with Crippen molar-refractivity contribution in [3.63, 3.8) is 0 Å². The molecule has 2 heterocycles. The average molecular weight is 495 g/mol. The fourth-order valence-electron chi connectivity index (χ4n) is 5.11. The minimum atomic E-state index is -0.233. The SMILES string of the molecule is Cc1occc1C(=O)N(C)[C@@H](Cc1ccccc1F)C1CCN(Cc2cccc(OCCO)c2)CC1. The smallest absolute Gasteiger partial charge is 0.257 e. The van der Waals surface area contributed by atoms with Crippen molar-refractivity contribution in [1.82, 2.24) is 9.80 Å². The number of hydrogen-bond acceptors (Lipinski definition) is 5. The van der Waals surface area contributed by atoms with Crippen LogP contribution in [0.2, 0.25) is 0 Å². The lowest BCUT2D eigenvalue weighted by Gasteiger charge is -2.40. The number of piperidine rings is 1. The maximum Gasteiger partial charge on any atom is 0.257 e. The van der Waals surface area contributed by atoms with Gasteiger partial charge < -0.3 is 19.2 Å². The molecule has 4 rings (SSSR count). The number of carbonyl (C=O) groups excluding carboxylic acids is 1. The number of hydrogen-bond donors (Lipinski definition) is 1. The molecule has 0 radical (unpaired) electrons. The number of carbonyl (C=O) groups is 1. The van der Waals surface area contributed by atoms with Gasteiger partial charge in [0, 0.05) is 19.6 Å². The van der Waals surface area contributed by atoms with E-state index >= 15 is 0 Å². The number of ether oxygens (including phenoxy) is 1. The summed E-state index contributed by atoms with van der Waals surface area (Å²) >= 11 is 0. The summed E-state index contributed by atoms with van der Waals surface area (Å²) in [4.78, 5) is 17.5. The zero-order valence-corrected chi connectivity index (χ0v) is 21.0. The minimum Gasteiger partial charge on any atom is -0.491 e. The summed E-state index contributed by atoms with van der Waals surface area (Å²) in [6, 6.07) is 16.4. The summed E-state index contributed by atoms with van der Waals surface area (Å²) < 4.78 is 25.5. The van der Waals surface area contributed by atoms with Crippen LogP contribution in [-0.2, 0) is 13.0 Å². The monoisotopic (exact) mass is 494 g/mol. The molecule has 0 spiro atoms. The first kappa shape index (κ1) is 25.9. The van der Waals surface area contributed by atoms with Gasteiger partial charge in [0.05, 0.1) is 18.4 Å². The van der Waals surface area contributed by atoms with Crippen LogP contribution in [0.1, 0.15) is 40.1 Å². The van der Waals surface area contributed by atoms with Crippen LogP contribution in [0.5, 0.6) is 5.75 Å². The molecule has 0 aliphatic carbocycles. The highest BCUT2D eigenvalue weighted by molar-refractivity contribution is 5.95. The van der Waals surface area contributed by atoms with Gasteiger partial charge in [-0.25, -0.2) is 4.39 Å². The number of aryl methyl sites for hydroxylation is 1. The Morgan fingerprint density at radius 2 is 1.97 bits per heavy atom. The van der Waals surface area contributed by atoms with Gasteiger partial charge in [0.2, 0.25) is 0 Å². The van der Waals surface area contributed by atoms with E-state index in [1.165, 1.54) is 12.3 Å². The van der Waals surface area contributed by atoms with Crippen LogP contribution in [0, 0.1) is 18.7 Å². The molecule has 0 saturated carbocycles. The first-order valence-electron chi connectivity index (χ1n) is 12.6. The van der Waals surface area contributed by atoms with Crippen molar-refractivity contribution in [3.8, 4) is 5.75 Å². The van der Waals surface area contributed by atoms with Crippen LogP contribution in [-0.4, -0.2) is 60.2 Å². The summed E-state index contributed by atoms with van der Waals surface area (Å²) in [5, 5.41) is 8.99. The van der Waals surface area contributed by atoms with Crippen molar-refractivity contribution in [2.75, 3.05) is 33.4 Å².